The van der Waals surface area contributed by atoms with E-state index < -0.39 is 5.82 Å². The van der Waals surface area contributed by atoms with Gasteiger partial charge in [0.2, 0.25) is 11.8 Å². The number of benzene rings is 1. The molecule has 3 rings (SSSR count). The number of halogens is 1. The van der Waals surface area contributed by atoms with Crippen LogP contribution in [0.4, 0.5) is 4.39 Å². The first-order valence-corrected chi connectivity index (χ1v) is 8.35. The van der Waals surface area contributed by atoms with E-state index in [9.17, 15) is 14.0 Å². The predicted octanol–water partition coefficient (Wildman–Crippen LogP) is 1.29. The molecule has 8 heteroatoms. The van der Waals surface area contributed by atoms with E-state index in [-0.39, 0.29) is 30.7 Å². The van der Waals surface area contributed by atoms with E-state index in [2.05, 4.69) is 10.4 Å². The van der Waals surface area contributed by atoms with Gasteiger partial charge in [-0.1, -0.05) is 6.07 Å². The van der Waals surface area contributed by atoms with Crippen LogP contribution in [-0.2, 0) is 22.6 Å². The lowest BCUT2D eigenvalue weighted by molar-refractivity contribution is -0.133. The number of rotatable bonds is 5. The lowest BCUT2D eigenvalue weighted by atomic mass is 10.1. The Balaban J connectivity index is 1.77. The number of hydrogen-bond donors (Lipinski definition) is 1. The number of carbonyl (C=O) groups excluding carboxylic acids is 2. The highest BCUT2D eigenvalue weighted by Gasteiger charge is 2.30. The van der Waals surface area contributed by atoms with Gasteiger partial charge in [-0.2, -0.15) is 5.10 Å². The number of carbonyl (C=O) groups is 2. The molecule has 7 nitrogen and oxygen atoms in total. The number of methoxy groups -OCH3 is 1. The van der Waals surface area contributed by atoms with E-state index in [0.717, 1.165) is 5.69 Å². The maximum Gasteiger partial charge on any atom is 0.227 e. The number of amides is 2. The minimum absolute atomic E-state index is 0.101. The van der Waals surface area contributed by atoms with Gasteiger partial charge < -0.3 is 15.0 Å². The van der Waals surface area contributed by atoms with Crippen LogP contribution in [-0.4, -0.2) is 47.2 Å². The number of nitrogens with one attached hydrogen (secondary N) is 1. The smallest absolute Gasteiger partial charge is 0.227 e. The van der Waals surface area contributed by atoms with E-state index in [1.807, 2.05) is 6.07 Å². The second kappa shape index (κ2) is 7.55. The lowest BCUT2D eigenvalue weighted by Gasteiger charge is -2.33. The number of aromatic nitrogens is 2. The third kappa shape index (κ3) is 3.68. The molecule has 0 fully saturated rings. The highest BCUT2D eigenvalue weighted by molar-refractivity contribution is 5.80. The average Bonchev–Trinajstić information content (AvgIpc) is 3.11. The Labute approximate surface area is 150 Å². The van der Waals surface area contributed by atoms with Crippen molar-refractivity contribution in [2.45, 2.75) is 25.4 Å². The van der Waals surface area contributed by atoms with E-state index in [1.54, 1.807) is 28.9 Å². The highest BCUT2D eigenvalue weighted by atomic mass is 19.1. The van der Waals surface area contributed by atoms with Crippen molar-refractivity contribution in [3.63, 3.8) is 0 Å². The first kappa shape index (κ1) is 17.9. The van der Waals surface area contributed by atoms with Gasteiger partial charge in [0.1, 0.15) is 11.6 Å². The van der Waals surface area contributed by atoms with Crippen molar-refractivity contribution >= 4 is 11.8 Å². The molecule has 2 amide bonds. The predicted molar refractivity (Wildman–Crippen MR) is 92.0 cm³/mol. The third-order valence-electron chi connectivity index (χ3n) is 4.53. The van der Waals surface area contributed by atoms with Crippen LogP contribution in [0.5, 0.6) is 5.75 Å². The van der Waals surface area contributed by atoms with E-state index in [1.165, 1.54) is 19.2 Å². The number of hydrogen-bond acceptors (Lipinski definition) is 4. The number of ether oxygens (including phenoxy) is 1. The van der Waals surface area contributed by atoms with Gasteiger partial charge in [0.25, 0.3) is 0 Å². The molecule has 0 saturated heterocycles. The van der Waals surface area contributed by atoms with Gasteiger partial charge in [-0.3, -0.25) is 14.3 Å². The summed E-state index contributed by atoms with van der Waals surface area (Å²) in [6, 6.07) is 5.76. The molecule has 1 aromatic heterocycles. The first-order chi connectivity index (χ1) is 12.5. The Morgan fingerprint density at radius 2 is 2.19 bits per heavy atom. The van der Waals surface area contributed by atoms with E-state index >= 15 is 0 Å². The monoisotopic (exact) mass is 360 g/mol. The van der Waals surface area contributed by atoms with Crippen molar-refractivity contribution in [3.05, 3.63) is 47.5 Å². The number of nitrogens with zero attached hydrogens (tertiary/aromatic N) is 3. The molecule has 1 atom stereocenters. The van der Waals surface area contributed by atoms with Gasteiger partial charge in [-0.15, -0.1) is 0 Å². The molecule has 0 saturated carbocycles. The van der Waals surface area contributed by atoms with Crippen molar-refractivity contribution in [3.8, 4) is 5.75 Å². The van der Waals surface area contributed by atoms with Crippen molar-refractivity contribution < 1.29 is 18.7 Å². The van der Waals surface area contributed by atoms with Crippen molar-refractivity contribution in [2.24, 2.45) is 0 Å². The molecular weight excluding hydrogens is 339 g/mol. The Kier molecular flexibility index (Phi) is 5.20. The van der Waals surface area contributed by atoms with Gasteiger partial charge in [0, 0.05) is 31.4 Å². The van der Waals surface area contributed by atoms with Crippen molar-refractivity contribution in [2.75, 3.05) is 20.7 Å². The summed E-state index contributed by atoms with van der Waals surface area (Å²) in [5.74, 6) is -0.275. The fourth-order valence-corrected chi connectivity index (χ4v) is 3.18. The van der Waals surface area contributed by atoms with Gasteiger partial charge in [-0.05, 0) is 12.1 Å². The summed E-state index contributed by atoms with van der Waals surface area (Å²) in [6.45, 7) is 0.816. The normalized spacial score (nSPS) is 16.1. The summed E-state index contributed by atoms with van der Waals surface area (Å²) >= 11 is 0. The summed E-state index contributed by atoms with van der Waals surface area (Å²) in [7, 11) is 3.03. The summed E-state index contributed by atoms with van der Waals surface area (Å²) in [5, 5.41) is 6.88. The second-order valence-electron chi connectivity index (χ2n) is 6.21. The van der Waals surface area contributed by atoms with Gasteiger partial charge in [0.05, 0.1) is 38.2 Å². The summed E-state index contributed by atoms with van der Waals surface area (Å²) in [4.78, 5) is 26.3. The molecule has 1 aliphatic rings. The van der Waals surface area contributed by atoms with Crippen LogP contribution >= 0.6 is 0 Å². The largest absolute Gasteiger partial charge is 0.496 e. The number of fused-ring (bicyclic) bond motifs is 1. The minimum Gasteiger partial charge on any atom is -0.496 e. The van der Waals surface area contributed by atoms with Crippen molar-refractivity contribution in [1.29, 1.82) is 0 Å². The molecule has 2 aromatic rings. The quantitative estimate of drug-likeness (QED) is 0.872. The third-order valence-corrected chi connectivity index (χ3v) is 4.53. The van der Waals surface area contributed by atoms with Crippen LogP contribution in [0.3, 0.4) is 0 Å². The zero-order chi connectivity index (χ0) is 18.7. The fourth-order valence-electron chi connectivity index (χ4n) is 3.18. The van der Waals surface area contributed by atoms with E-state index in [4.69, 9.17) is 4.74 Å². The molecule has 2 heterocycles. The summed E-state index contributed by atoms with van der Waals surface area (Å²) in [5.41, 5.74) is 1.51. The highest BCUT2D eigenvalue weighted by Crippen LogP contribution is 2.25. The molecule has 1 aromatic carbocycles. The fraction of sp³-hybridized carbons (Fsp3) is 0.389. The lowest BCUT2D eigenvalue weighted by Crippen LogP contribution is -2.43. The Morgan fingerprint density at radius 3 is 2.92 bits per heavy atom. The molecule has 0 radical (unpaired) electrons. The molecule has 1 N–H and O–H groups in total. The summed E-state index contributed by atoms with van der Waals surface area (Å²) < 4.78 is 20.3. The maximum absolute atomic E-state index is 13.3. The first-order valence-electron chi connectivity index (χ1n) is 8.35. The molecule has 26 heavy (non-hydrogen) atoms. The van der Waals surface area contributed by atoms with Crippen LogP contribution in [0.1, 0.15) is 23.7 Å². The standard InChI is InChI=1S/C18H21FN4O3/c1-20-17(24)9-15-11-22(10-14-5-6-21-23(14)15)18(25)7-12-3-4-13(19)8-16(12)26-2/h3-6,8,15H,7,9-11H2,1-2H3,(H,20,24)/t15-/m1/s1. The van der Waals surface area contributed by atoms with Crippen LogP contribution in [0.2, 0.25) is 0 Å². The molecular formula is C18H21FN4O3. The Hall–Kier alpha value is -2.90. The molecule has 0 aliphatic carbocycles. The zero-order valence-corrected chi connectivity index (χ0v) is 14.7. The van der Waals surface area contributed by atoms with Crippen LogP contribution in [0.15, 0.2) is 30.5 Å². The Morgan fingerprint density at radius 1 is 1.38 bits per heavy atom. The van der Waals surface area contributed by atoms with Crippen LogP contribution in [0.25, 0.3) is 0 Å². The molecule has 0 bridgehead atoms. The molecule has 0 unspecified atom stereocenters. The molecule has 1 aliphatic heterocycles. The summed E-state index contributed by atoms with van der Waals surface area (Å²) in [6.07, 6.45) is 2.02. The topological polar surface area (TPSA) is 76.5 Å². The van der Waals surface area contributed by atoms with E-state index in [0.29, 0.717) is 24.4 Å². The Bertz CT molecular complexity index is 821. The molecule has 0 spiro atoms. The average molecular weight is 360 g/mol. The zero-order valence-electron chi connectivity index (χ0n) is 14.7. The minimum atomic E-state index is -0.412. The van der Waals surface area contributed by atoms with Gasteiger partial charge in [0.15, 0.2) is 0 Å². The second-order valence-corrected chi connectivity index (χ2v) is 6.21. The van der Waals surface area contributed by atoms with Gasteiger partial charge >= 0.3 is 0 Å². The van der Waals surface area contributed by atoms with Crippen LogP contribution in [0, 0.1) is 5.82 Å². The molecule has 138 valence electrons. The van der Waals surface area contributed by atoms with Gasteiger partial charge in [-0.25, -0.2) is 4.39 Å². The SMILES string of the molecule is CNC(=O)C[C@@H]1CN(C(=O)Cc2ccc(F)cc2OC)Cc2ccnn21. The van der Waals surface area contributed by atoms with Crippen LogP contribution < -0.4 is 10.1 Å². The van der Waals surface area contributed by atoms with Crippen molar-refractivity contribution in [1.82, 2.24) is 20.0 Å². The maximum atomic E-state index is 13.3.